The molecular formula is C8H18NO4P. The lowest BCUT2D eigenvalue weighted by Gasteiger charge is -2.34. The van der Waals surface area contributed by atoms with Crippen LogP contribution in [0.5, 0.6) is 0 Å². The van der Waals surface area contributed by atoms with Gasteiger partial charge in [-0.1, -0.05) is 20.8 Å². The zero-order valence-electron chi connectivity index (χ0n) is 8.82. The molecule has 1 fully saturated rings. The maximum absolute atomic E-state index is 11.8. The van der Waals surface area contributed by atoms with Gasteiger partial charge in [0.05, 0.1) is 13.2 Å². The van der Waals surface area contributed by atoms with E-state index < -0.39 is 14.0 Å². The molecule has 1 aliphatic rings. The molecule has 1 rings (SSSR count). The van der Waals surface area contributed by atoms with Crippen molar-refractivity contribution in [2.24, 2.45) is 5.41 Å². The average molecular weight is 223 g/mol. The Morgan fingerprint density at radius 3 is 2.43 bits per heavy atom. The fourth-order valence-corrected chi connectivity index (χ4v) is 2.76. The topological polar surface area (TPSA) is 67.8 Å². The van der Waals surface area contributed by atoms with Gasteiger partial charge >= 0.3 is 7.75 Å². The molecule has 84 valence electrons. The summed E-state index contributed by atoms with van der Waals surface area (Å²) >= 11 is 0. The summed E-state index contributed by atoms with van der Waals surface area (Å²) in [4.78, 5) is 0. The molecule has 0 radical (unpaired) electrons. The first-order valence-electron chi connectivity index (χ1n) is 4.72. The highest BCUT2D eigenvalue weighted by atomic mass is 31.2. The fourth-order valence-electron chi connectivity index (χ4n) is 0.947. The van der Waals surface area contributed by atoms with E-state index in [-0.39, 0.29) is 5.41 Å². The number of nitrogens with one attached hydrogen (secondary N) is 1. The first-order chi connectivity index (χ1) is 6.37. The predicted octanol–water partition coefficient (Wildman–Crippen LogP) is 1.49. The Bertz CT molecular complexity index is 229. The van der Waals surface area contributed by atoms with Gasteiger partial charge in [0.15, 0.2) is 0 Å². The van der Waals surface area contributed by atoms with Crippen LogP contribution in [0.4, 0.5) is 0 Å². The second kappa shape index (κ2) is 4.29. The van der Waals surface area contributed by atoms with Gasteiger partial charge < -0.3 is 5.11 Å². The highest BCUT2D eigenvalue weighted by Crippen LogP contribution is 2.50. The maximum atomic E-state index is 11.8. The summed E-state index contributed by atoms with van der Waals surface area (Å²) in [5.41, 5.74) is -0.118. The standard InChI is InChI=1S/C8H18NO4P/c1-4-7(10)9-14(11)12-5-8(2,3)6-13-14/h7,10H,4-6H2,1-3H3,(H,9,11). The maximum Gasteiger partial charge on any atom is 0.407 e. The summed E-state index contributed by atoms with van der Waals surface area (Å²) in [6.07, 6.45) is -0.387. The van der Waals surface area contributed by atoms with Gasteiger partial charge in [-0.3, -0.25) is 9.05 Å². The van der Waals surface area contributed by atoms with E-state index in [4.69, 9.17) is 9.05 Å². The van der Waals surface area contributed by atoms with Crippen LogP contribution >= 0.6 is 7.75 Å². The molecule has 0 aromatic heterocycles. The Hall–Kier alpha value is 0.0700. The van der Waals surface area contributed by atoms with Crippen molar-refractivity contribution in [2.75, 3.05) is 13.2 Å². The minimum absolute atomic E-state index is 0.118. The van der Waals surface area contributed by atoms with E-state index in [9.17, 15) is 9.67 Å². The van der Waals surface area contributed by atoms with Crippen LogP contribution in [0.15, 0.2) is 0 Å². The molecule has 14 heavy (non-hydrogen) atoms. The molecule has 1 aliphatic heterocycles. The molecule has 0 saturated carbocycles. The Morgan fingerprint density at radius 1 is 1.50 bits per heavy atom. The van der Waals surface area contributed by atoms with Crippen LogP contribution in [0.2, 0.25) is 0 Å². The van der Waals surface area contributed by atoms with Crippen LogP contribution in [-0.4, -0.2) is 24.5 Å². The van der Waals surface area contributed by atoms with Crippen LogP contribution in [0.3, 0.4) is 0 Å². The van der Waals surface area contributed by atoms with Crippen molar-refractivity contribution in [3.8, 4) is 0 Å². The van der Waals surface area contributed by atoms with Crippen LogP contribution in [0.25, 0.3) is 0 Å². The second-order valence-corrected chi connectivity index (χ2v) is 6.03. The van der Waals surface area contributed by atoms with Crippen molar-refractivity contribution < 1.29 is 18.7 Å². The molecule has 1 atom stereocenters. The molecule has 1 unspecified atom stereocenters. The molecule has 1 heterocycles. The molecule has 6 heteroatoms. The van der Waals surface area contributed by atoms with Gasteiger partial charge in [-0.15, -0.1) is 0 Å². The van der Waals surface area contributed by atoms with Crippen molar-refractivity contribution in [1.82, 2.24) is 5.09 Å². The normalized spacial score (nSPS) is 27.1. The molecular weight excluding hydrogens is 205 g/mol. The molecule has 0 amide bonds. The third kappa shape index (κ3) is 3.33. The van der Waals surface area contributed by atoms with Gasteiger partial charge in [-0.25, -0.2) is 4.57 Å². The first-order valence-corrected chi connectivity index (χ1v) is 6.26. The molecule has 1 saturated heterocycles. The highest BCUT2D eigenvalue weighted by Gasteiger charge is 2.37. The average Bonchev–Trinajstić information content (AvgIpc) is 2.11. The lowest BCUT2D eigenvalue weighted by molar-refractivity contribution is 0.0274. The molecule has 0 spiro atoms. The Balaban J connectivity index is 2.50. The van der Waals surface area contributed by atoms with Gasteiger partial charge in [-0.2, -0.15) is 5.09 Å². The van der Waals surface area contributed by atoms with Crippen LogP contribution in [0, 0.1) is 5.41 Å². The minimum Gasteiger partial charge on any atom is -0.378 e. The van der Waals surface area contributed by atoms with E-state index in [1.54, 1.807) is 6.92 Å². The second-order valence-electron chi connectivity index (χ2n) is 4.26. The van der Waals surface area contributed by atoms with Crippen LogP contribution < -0.4 is 5.09 Å². The van der Waals surface area contributed by atoms with Gasteiger partial charge in [0, 0.05) is 5.41 Å². The smallest absolute Gasteiger partial charge is 0.378 e. The van der Waals surface area contributed by atoms with Crippen molar-refractivity contribution in [1.29, 1.82) is 0 Å². The monoisotopic (exact) mass is 223 g/mol. The Labute approximate surface area is 84.4 Å². The van der Waals surface area contributed by atoms with Crippen molar-refractivity contribution in [2.45, 2.75) is 33.4 Å². The summed E-state index contributed by atoms with van der Waals surface area (Å²) in [7, 11) is -3.27. The molecule has 5 nitrogen and oxygen atoms in total. The van der Waals surface area contributed by atoms with E-state index >= 15 is 0 Å². The van der Waals surface area contributed by atoms with Crippen LogP contribution in [-0.2, 0) is 13.6 Å². The molecule has 0 aromatic rings. The lowest BCUT2D eigenvalue weighted by atomic mass is 9.97. The number of rotatable bonds is 3. The number of hydrogen-bond acceptors (Lipinski definition) is 4. The fraction of sp³-hybridized carbons (Fsp3) is 1.00. The third-order valence-electron chi connectivity index (χ3n) is 1.94. The SMILES string of the molecule is CCC(O)NP1(=O)OCC(C)(C)CO1. The van der Waals surface area contributed by atoms with E-state index in [1.165, 1.54) is 0 Å². The van der Waals surface area contributed by atoms with Gasteiger partial charge in [0.25, 0.3) is 0 Å². The summed E-state index contributed by atoms with van der Waals surface area (Å²) in [5, 5.41) is 11.7. The quantitative estimate of drug-likeness (QED) is 0.560. The molecule has 0 aliphatic carbocycles. The largest absolute Gasteiger partial charge is 0.407 e. The lowest BCUT2D eigenvalue weighted by Crippen LogP contribution is -2.36. The van der Waals surface area contributed by atoms with E-state index in [1.807, 2.05) is 13.8 Å². The van der Waals surface area contributed by atoms with Gasteiger partial charge in [0.2, 0.25) is 0 Å². The Morgan fingerprint density at radius 2 is 2.00 bits per heavy atom. The summed E-state index contributed by atoms with van der Waals surface area (Å²) in [6.45, 7) is 6.44. The zero-order chi connectivity index (χ0) is 10.8. The molecule has 2 N–H and O–H groups in total. The van der Waals surface area contributed by atoms with Crippen molar-refractivity contribution in [3.05, 3.63) is 0 Å². The van der Waals surface area contributed by atoms with Crippen LogP contribution in [0.1, 0.15) is 27.2 Å². The number of aliphatic hydroxyl groups excluding tert-OH is 1. The molecule has 0 aromatic carbocycles. The summed E-state index contributed by atoms with van der Waals surface area (Å²) in [5.74, 6) is 0. The zero-order valence-corrected chi connectivity index (χ0v) is 9.71. The Kier molecular flexibility index (Phi) is 3.72. The minimum atomic E-state index is -3.27. The van der Waals surface area contributed by atoms with E-state index in [2.05, 4.69) is 5.09 Å². The molecule has 0 bridgehead atoms. The number of aliphatic hydroxyl groups is 1. The van der Waals surface area contributed by atoms with Crippen molar-refractivity contribution in [3.63, 3.8) is 0 Å². The third-order valence-corrected chi connectivity index (χ3v) is 3.50. The predicted molar refractivity (Wildman–Crippen MR) is 52.7 cm³/mol. The number of hydrogen-bond donors (Lipinski definition) is 2. The van der Waals surface area contributed by atoms with Gasteiger partial charge in [-0.05, 0) is 6.42 Å². The highest BCUT2D eigenvalue weighted by molar-refractivity contribution is 7.51. The van der Waals surface area contributed by atoms with Crippen molar-refractivity contribution >= 4 is 7.75 Å². The summed E-state index contributed by atoms with van der Waals surface area (Å²) in [6, 6.07) is 0. The van der Waals surface area contributed by atoms with E-state index in [0.717, 1.165) is 0 Å². The summed E-state index contributed by atoms with van der Waals surface area (Å²) < 4.78 is 22.0. The van der Waals surface area contributed by atoms with Gasteiger partial charge in [0.1, 0.15) is 6.23 Å². The first kappa shape index (κ1) is 12.1. The van der Waals surface area contributed by atoms with E-state index in [0.29, 0.717) is 19.6 Å².